The predicted molar refractivity (Wildman–Crippen MR) is 226 cm³/mol. The molecule has 5 atom stereocenters. The van der Waals surface area contributed by atoms with Crippen LogP contribution in [-0.4, -0.2) is 86.9 Å². The number of nitrogens with two attached hydrogens (primary N) is 1. The topological polar surface area (TPSA) is 263 Å². The van der Waals surface area contributed by atoms with Gasteiger partial charge in [-0.3, -0.25) is 33.6 Å². The van der Waals surface area contributed by atoms with Crippen LogP contribution in [0.15, 0.2) is 88.2 Å². The molecule has 6 amide bonds. The summed E-state index contributed by atoms with van der Waals surface area (Å²) in [4.78, 5) is 110. The van der Waals surface area contributed by atoms with E-state index >= 15 is 0 Å². The molecule has 2 aliphatic rings. The number of amides is 6. The van der Waals surface area contributed by atoms with E-state index in [-0.39, 0.29) is 62.3 Å². The average Bonchev–Trinajstić information content (AvgIpc) is 4.01. The van der Waals surface area contributed by atoms with E-state index in [1.165, 1.54) is 23.1 Å². The fourth-order valence-electron chi connectivity index (χ4n) is 8.22. The smallest absolute Gasteiger partial charge is 0.336 e. The van der Waals surface area contributed by atoms with Gasteiger partial charge in [0.25, 0.3) is 0 Å². The first-order valence-electron chi connectivity index (χ1n) is 20.4. The summed E-state index contributed by atoms with van der Waals surface area (Å²) in [6, 6.07) is 15.4. The molecule has 7 rings (SSSR count). The van der Waals surface area contributed by atoms with E-state index < -0.39 is 77.5 Å². The summed E-state index contributed by atoms with van der Waals surface area (Å²) in [5.41, 5.74) is 8.44. The monoisotopic (exact) mass is 845 g/mol. The number of aromatic hydroxyl groups is 1. The van der Waals surface area contributed by atoms with Crippen molar-refractivity contribution in [3.8, 4) is 5.75 Å². The van der Waals surface area contributed by atoms with Gasteiger partial charge in [-0.25, -0.2) is 4.79 Å². The van der Waals surface area contributed by atoms with Gasteiger partial charge in [0.05, 0.1) is 12.5 Å². The first kappa shape index (κ1) is 42.8. The molecule has 3 aromatic carbocycles. The van der Waals surface area contributed by atoms with E-state index in [9.17, 15) is 43.5 Å². The number of aromatic amines is 1. The number of ketones is 1. The van der Waals surface area contributed by atoms with Gasteiger partial charge in [0.2, 0.25) is 35.4 Å². The van der Waals surface area contributed by atoms with Crippen molar-refractivity contribution < 1.29 is 43.1 Å². The van der Waals surface area contributed by atoms with E-state index in [0.717, 1.165) is 16.5 Å². The molecule has 0 aliphatic carbocycles. The highest BCUT2D eigenvalue weighted by molar-refractivity contribution is 6.01. The first-order chi connectivity index (χ1) is 29.7. The van der Waals surface area contributed by atoms with Crippen LogP contribution < -0.4 is 32.6 Å². The Balaban J connectivity index is 1.14. The molecule has 17 nitrogen and oxygen atoms in total. The molecule has 5 aromatic rings. The quantitative estimate of drug-likeness (QED) is 0.0714. The molecular weight excluding hydrogens is 799 g/mol. The number of aromatic nitrogens is 1. The van der Waals surface area contributed by atoms with Gasteiger partial charge >= 0.3 is 5.63 Å². The Hall–Kier alpha value is -7.30. The zero-order chi connectivity index (χ0) is 44.1. The number of carbonyl (C=O) groups excluding carboxylic acids is 7. The second-order valence-corrected chi connectivity index (χ2v) is 15.9. The van der Waals surface area contributed by atoms with Gasteiger partial charge in [0.15, 0.2) is 5.78 Å². The highest BCUT2D eigenvalue weighted by Crippen LogP contribution is 2.27. The number of nitrogens with zero attached hydrogens (tertiary/aromatic N) is 1. The Morgan fingerprint density at radius 2 is 1.65 bits per heavy atom. The van der Waals surface area contributed by atoms with Gasteiger partial charge in [0, 0.05) is 65.6 Å². The van der Waals surface area contributed by atoms with Gasteiger partial charge in [-0.2, -0.15) is 0 Å². The average molecular weight is 846 g/mol. The molecule has 17 heteroatoms. The van der Waals surface area contributed by atoms with Crippen LogP contribution in [0.2, 0.25) is 0 Å². The molecule has 322 valence electrons. The number of carbonyl (C=O) groups is 7. The summed E-state index contributed by atoms with van der Waals surface area (Å²) >= 11 is 0. The number of benzene rings is 3. The molecule has 0 saturated carbocycles. The van der Waals surface area contributed by atoms with E-state index in [1.54, 1.807) is 43.5 Å². The highest BCUT2D eigenvalue weighted by atomic mass is 16.4. The number of aryl methyl sites for hydroxylation is 1. The number of phenolic OH excluding ortho intramolecular Hbond substituents is 1. The van der Waals surface area contributed by atoms with E-state index in [1.807, 2.05) is 24.3 Å². The summed E-state index contributed by atoms with van der Waals surface area (Å²) in [5, 5.41) is 22.3. The molecule has 4 heterocycles. The third-order valence-electron chi connectivity index (χ3n) is 11.4. The van der Waals surface area contributed by atoms with Crippen LogP contribution in [-0.2, 0) is 46.4 Å². The van der Waals surface area contributed by atoms with Gasteiger partial charge < -0.3 is 46.4 Å². The fraction of sp³-hybridized carbons (Fsp3) is 0.333. The Morgan fingerprint density at radius 1 is 0.887 bits per heavy atom. The van der Waals surface area contributed by atoms with Crippen LogP contribution in [0.4, 0.5) is 5.69 Å². The predicted octanol–water partition coefficient (Wildman–Crippen LogP) is 2.40. The van der Waals surface area contributed by atoms with Gasteiger partial charge in [-0.05, 0) is 86.1 Å². The summed E-state index contributed by atoms with van der Waals surface area (Å²) in [7, 11) is 0. The van der Waals surface area contributed by atoms with Crippen molar-refractivity contribution in [2.75, 3.05) is 11.9 Å². The highest BCUT2D eigenvalue weighted by Gasteiger charge is 2.41. The maximum Gasteiger partial charge on any atom is 0.336 e. The van der Waals surface area contributed by atoms with Crippen LogP contribution >= 0.6 is 0 Å². The van der Waals surface area contributed by atoms with E-state index in [0.29, 0.717) is 28.6 Å². The minimum atomic E-state index is -1.41. The van der Waals surface area contributed by atoms with E-state index in [2.05, 4.69) is 26.3 Å². The van der Waals surface area contributed by atoms with Crippen LogP contribution in [0.5, 0.6) is 5.75 Å². The van der Waals surface area contributed by atoms with Crippen molar-refractivity contribution in [1.29, 1.82) is 0 Å². The number of primary amides is 1. The maximum atomic E-state index is 14.6. The SMILES string of the molecule is Cc1cc(=O)oc2cc(NC(=O)C(CC(=O)C(Cc3ccc(O)cc3)NC(=O)C3CCCN3C(=O)C(CC(N)=O)NC(=O)C3CCC(=O)N3)Cc3c[nH]c4ccccc34)ccc12. The standard InChI is InChI=1S/C45H47N7O10/c1-24-17-41(57)62-38-21-28(10-13-30(24)38)48-42(58)26(19-27-23-47-32-6-3-2-5-31(27)32)20-37(54)34(18-25-8-11-29(53)12-9-25)50-44(60)36-7-4-16-52(36)45(61)35(22-39(46)55)51-43(59)33-14-15-40(56)49-33/h2-3,5-6,8-13,17,21,23,26,33-36,47,53H,4,7,14-16,18-20,22H2,1H3,(H2,46,55)(H,48,58)(H,49,56)(H,50,60)(H,51,59). The molecule has 5 unspecified atom stereocenters. The van der Waals surface area contributed by atoms with Crippen molar-refractivity contribution in [1.82, 2.24) is 25.8 Å². The zero-order valence-electron chi connectivity index (χ0n) is 33.9. The molecule has 8 N–H and O–H groups in total. The molecule has 2 aromatic heterocycles. The second kappa shape index (κ2) is 18.5. The maximum absolute atomic E-state index is 14.6. The minimum absolute atomic E-state index is 0.00715. The largest absolute Gasteiger partial charge is 0.508 e. The lowest BCUT2D eigenvalue weighted by atomic mass is 9.89. The number of fused-ring (bicyclic) bond motifs is 2. The molecular formula is C45H47N7O10. The minimum Gasteiger partial charge on any atom is -0.508 e. The number of para-hydroxylation sites is 1. The lowest BCUT2D eigenvalue weighted by Crippen LogP contribution is -2.57. The number of phenols is 1. The van der Waals surface area contributed by atoms with Crippen molar-refractivity contribution in [2.45, 2.75) is 82.5 Å². The normalized spacial score (nSPS) is 17.6. The van der Waals surface area contributed by atoms with Crippen LogP contribution in [0, 0.1) is 12.8 Å². The van der Waals surface area contributed by atoms with Crippen molar-refractivity contribution in [3.05, 3.63) is 106 Å². The Morgan fingerprint density at radius 3 is 2.39 bits per heavy atom. The van der Waals surface area contributed by atoms with Crippen molar-refractivity contribution in [2.24, 2.45) is 11.7 Å². The van der Waals surface area contributed by atoms with Gasteiger partial charge in [0.1, 0.15) is 29.5 Å². The van der Waals surface area contributed by atoms with Crippen LogP contribution in [0.25, 0.3) is 21.9 Å². The summed E-state index contributed by atoms with van der Waals surface area (Å²) in [5.74, 6) is -5.20. The molecule has 2 saturated heterocycles. The lowest BCUT2D eigenvalue weighted by molar-refractivity contribution is -0.143. The fourth-order valence-corrected chi connectivity index (χ4v) is 8.22. The third-order valence-corrected chi connectivity index (χ3v) is 11.4. The number of H-pyrrole nitrogens is 1. The van der Waals surface area contributed by atoms with Gasteiger partial charge in [-0.15, -0.1) is 0 Å². The first-order valence-corrected chi connectivity index (χ1v) is 20.4. The molecule has 2 aliphatic heterocycles. The van der Waals surface area contributed by atoms with Crippen LogP contribution in [0.3, 0.4) is 0 Å². The number of anilines is 1. The molecule has 62 heavy (non-hydrogen) atoms. The van der Waals surface area contributed by atoms with Gasteiger partial charge in [-0.1, -0.05) is 30.3 Å². The molecule has 2 fully saturated rings. The van der Waals surface area contributed by atoms with Crippen LogP contribution in [0.1, 0.15) is 55.2 Å². The Labute approximate surface area is 354 Å². The molecule has 0 bridgehead atoms. The number of Topliss-reactive ketones (excluding diaryl/α,β-unsaturated/α-hetero) is 1. The van der Waals surface area contributed by atoms with Crippen molar-refractivity contribution >= 4 is 68.8 Å². The number of hydrogen-bond donors (Lipinski definition) is 7. The van der Waals surface area contributed by atoms with E-state index in [4.69, 9.17) is 10.2 Å². The summed E-state index contributed by atoms with van der Waals surface area (Å²) in [6.45, 7) is 1.89. The number of likely N-dealkylation sites (tertiary alicyclic amines) is 1. The molecule has 0 radical (unpaired) electrons. The number of rotatable bonds is 16. The third kappa shape index (κ3) is 10.00. The summed E-state index contributed by atoms with van der Waals surface area (Å²) in [6.07, 6.45) is 1.96. The zero-order valence-corrected chi connectivity index (χ0v) is 33.9. The van der Waals surface area contributed by atoms with Crippen molar-refractivity contribution in [3.63, 3.8) is 0 Å². The summed E-state index contributed by atoms with van der Waals surface area (Å²) < 4.78 is 5.39. The number of hydrogen-bond acceptors (Lipinski definition) is 10. The molecule has 0 spiro atoms. The lowest BCUT2D eigenvalue weighted by Gasteiger charge is -2.30. The Kier molecular flexibility index (Phi) is 12.8. The second-order valence-electron chi connectivity index (χ2n) is 15.9. The number of nitrogens with one attached hydrogen (secondary N) is 5. The Bertz CT molecular complexity index is 2620.